The van der Waals surface area contributed by atoms with Crippen LogP contribution in [0.1, 0.15) is 6.92 Å². The fourth-order valence-electron chi connectivity index (χ4n) is 0. The molecule has 0 fully saturated rings. The van der Waals surface area contributed by atoms with Gasteiger partial charge in [0.1, 0.15) is 0 Å². The van der Waals surface area contributed by atoms with Gasteiger partial charge in [0.25, 0.3) is 0 Å². The van der Waals surface area contributed by atoms with Gasteiger partial charge in [-0.2, -0.15) is 3.84 Å². The molecule has 0 rings (SSSR count). The topological polar surface area (TPSA) is 29.5 Å². The molecule has 0 aromatic heterocycles. The van der Waals surface area contributed by atoms with Crippen LogP contribution < -0.4 is 0 Å². The van der Waals surface area contributed by atoms with Gasteiger partial charge in [-0.15, -0.1) is 0 Å². The largest absolute Gasteiger partial charge is 0.397 e. The molecule has 0 atom stereocenters. The first-order valence-electron chi connectivity index (χ1n) is 1.33. The van der Waals surface area contributed by atoms with E-state index in [1.807, 2.05) is 0 Å². The van der Waals surface area contributed by atoms with Crippen LogP contribution in [0.5, 0.6) is 0 Å². The smallest absolute Gasteiger partial charge is 0.0832 e. The molecule has 0 aliphatic carbocycles. The molecule has 7 heavy (non-hydrogen) atoms. The van der Waals surface area contributed by atoms with Crippen LogP contribution in [0, 0.1) is 0 Å². The molecule has 2 nitrogen and oxygen atoms in total. The summed E-state index contributed by atoms with van der Waals surface area (Å²) in [5, 5.41) is 7.57. The predicted octanol–water partition coefficient (Wildman–Crippen LogP) is 1.31. The molecule has 0 aromatic carbocycles. The molecule has 44 valence electrons. The molecule has 0 saturated carbocycles. The van der Waals surface area contributed by atoms with E-state index in [1.54, 1.807) is 6.92 Å². The van der Waals surface area contributed by atoms with E-state index < -0.39 is 0 Å². The van der Waals surface area contributed by atoms with Crippen LogP contribution in [0.3, 0.4) is 0 Å². The Balaban J connectivity index is -0.0000000400. The van der Waals surface area contributed by atoms with Crippen molar-refractivity contribution in [2.45, 2.75) is 6.92 Å². The SMILES string of the molecule is CCO.ClOCl.[Zr]. The summed E-state index contributed by atoms with van der Waals surface area (Å²) in [6.45, 7) is 1.93. The number of rotatable bonds is 0. The molecule has 0 heterocycles. The maximum Gasteiger partial charge on any atom is 0.0832 e. The summed E-state index contributed by atoms with van der Waals surface area (Å²) in [7, 11) is 0. The van der Waals surface area contributed by atoms with E-state index in [2.05, 4.69) is 27.6 Å². The van der Waals surface area contributed by atoms with E-state index in [0.717, 1.165) is 0 Å². The van der Waals surface area contributed by atoms with Crippen molar-refractivity contribution < 1.29 is 35.2 Å². The number of hydrogen-bond donors (Lipinski definition) is 1. The third-order valence-corrected chi connectivity index (χ3v) is 0. The van der Waals surface area contributed by atoms with Crippen molar-refractivity contribution in [1.29, 1.82) is 0 Å². The zero-order chi connectivity index (χ0) is 5.41. The maximum absolute atomic E-state index is 7.57. The molecule has 0 aliphatic rings. The van der Waals surface area contributed by atoms with Gasteiger partial charge in [-0.25, -0.2) is 0 Å². The fraction of sp³-hybridized carbons (Fsp3) is 1.00. The first kappa shape index (κ1) is 15.8. The van der Waals surface area contributed by atoms with E-state index in [1.165, 1.54) is 0 Å². The second kappa shape index (κ2) is 26.3. The molecule has 0 bridgehead atoms. The van der Waals surface area contributed by atoms with E-state index >= 15 is 0 Å². The summed E-state index contributed by atoms with van der Waals surface area (Å²) < 4.78 is 3.19. The summed E-state index contributed by atoms with van der Waals surface area (Å²) in [5.74, 6) is 0. The van der Waals surface area contributed by atoms with Gasteiger partial charge in [0.05, 0.1) is 23.7 Å². The molecule has 0 unspecified atom stereocenters. The first-order valence-corrected chi connectivity index (χ1v) is 1.95. The zero-order valence-corrected chi connectivity index (χ0v) is 7.79. The van der Waals surface area contributed by atoms with Crippen LogP contribution >= 0.6 is 23.7 Å². The van der Waals surface area contributed by atoms with Gasteiger partial charge in [-0.3, -0.25) is 0 Å². The van der Waals surface area contributed by atoms with Gasteiger partial charge in [-0.1, -0.05) is 0 Å². The molecular formula is C2H6Cl2O2Zr. The molecule has 0 spiro atoms. The molecular weight excluding hydrogens is 218 g/mol. The number of aliphatic hydroxyl groups is 1. The number of aliphatic hydroxyl groups excluding tert-OH is 1. The van der Waals surface area contributed by atoms with Crippen molar-refractivity contribution in [2.75, 3.05) is 6.61 Å². The summed E-state index contributed by atoms with van der Waals surface area (Å²) in [5.41, 5.74) is 0. The first-order chi connectivity index (χ1) is 2.83. The predicted molar refractivity (Wildman–Crippen MR) is 25.6 cm³/mol. The van der Waals surface area contributed by atoms with Crippen molar-refractivity contribution in [1.82, 2.24) is 0 Å². The summed E-state index contributed by atoms with van der Waals surface area (Å²) in [6.07, 6.45) is 0. The van der Waals surface area contributed by atoms with Crippen molar-refractivity contribution in [3.8, 4) is 0 Å². The van der Waals surface area contributed by atoms with Crippen molar-refractivity contribution in [2.24, 2.45) is 0 Å². The van der Waals surface area contributed by atoms with Crippen molar-refractivity contribution in [3.63, 3.8) is 0 Å². The third kappa shape index (κ3) is 112. The van der Waals surface area contributed by atoms with Gasteiger partial charge in [0, 0.05) is 32.8 Å². The molecule has 0 saturated heterocycles. The van der Waals surface area contributed by atoms with Gasteiger partial charge in [-0.05, 0) is 6.92 Å². The second-order valence-corrected chi connectivity index (χ2v) is 0.841. The van der Waals surface area contributed by atoms with E-state index in [0.29, 0.717) is 0 Å². The Morgan fingerprint density at radius 2 is 1.57 bits per heavy atom. The third-order valence-electron chi connectivity index (χ3n) is 0. The normalized spacial score (nSPS) is 5.14. The molecule has 0 aromatic rings. The minimum Gasteiger partial charge on any atom is -0.397 e. The molecule has 0 amide bonds. The van der Waals surface area contributed by atoms with Crippen LogP contribution in [0.15, 0.2) is 0 Å². The Labute approximate surface area is 72.2 Å². The second-order valence-electron chi connectivity index (χ2n) is 0.375. The van der Waals surface area contributed by atoms with E-state index in [4.69, 9.17) is 5.11 Å². The fourth-order valence-corrected chi connectivity index (χ4v) is 0. The molecule has 0 radical (unpaired) electrons. The Kier molecular flexibility index (Phi) is 59.2. The number of halogens is 2. The van der Waals surface area contributed by atoms with E-state index in [-0.39, 0.29) is 32.8 Å². The Morgan fingerprint density at radius 1 is 1.57 bits per heavy atom. The van der Waals surface area contributed by atoms with Gasteiger partial charge < -0.3 is 5.11 Å². The molecule has 0 aliphatic heterocycles. The average Bonchev–Trinajstić information content (AvgIpc) is 1.39. The van der Waals surface area contributed by atoms with Gasteiger partial charge in [0.2, 0.25) is 0 Å². The van der Waals surface area contributed by atoms with Crippen molar-refractivity contribution >= 4 is 23.7 Å². The van der Waals surface area contributed by atoms with Crippen LogP contribution in [0.4, 0.5) is 0 Å². The standard InChI is InChI=1S/C2H6O.Cl2O.Zr/c1-2-3;1-3-2;/h3H,2H2,1H3;;. The van der Waals surface area contributed by atoms with Crippen LogP contribution in [0.2, 0.25) is 0 Å². The van der Waals surface area contributed by atoms with Crippen LogP contribution in [-0.2, 0) is 30.0 Å². The quantitative estimate of drug-likeness (QED) is 0.672. The zero-order valence-electron chi connectivity index (χ0n) is 3.82. The summed E-state index contributed by atoms with van der Waals surface area (Å²) >= 11 is 8.53. The number of hydrogen-bond acceptors (Lipinski definition) is 2. The van der Waals surface area contributed by atoms with Crippen LogP contribution in [-0.4, -0.2) is 11.7 Å². The Morgan fingerprint density at radius 3 is 1.57 bits per heavy atom. The van der Waals surface area contributed by atoms with Crippen molar-refractivity contribution in [3.05, 3.63) is 0 Å². The molecule has 5 heteroatoms. The van der Waals surface area contributed by atoms with E-state index in [9.17, 15) is 0 Å². The monoisotopic (exact) mass is 222 g/mol. The average molecular weight is 224 g/mol. The Hall–Kier alpha value is 1.38. The summed E-state index contributed by atoms with van der Waals surface area (Å²) in [6, 6.07) is 0. The summed E-state index contributed by atoms with van der Waals surface area (Å²) in [4.78, 5) is 0. The molecule has 1 N–H and O–H groups in total. The van der Waals surface area contributed by atoms with Gasteiger partial charge >= 0.3 is 0 Å². The van der Waals surface area contributed by atoms with Gasteiger partial charge in [0.15, 0.2) is 0 Å². The van der Waals surface area contributed by atoms with Crippen LogP contribution in [0.25, 0.3) is 0 Å². The maximum atomic E-state index is 7.57. The minimum atomic E-state index is 0. The minimum absolute atomic E-state index is 0. The Bertz CT molecular complexity index is 15.7.